The van der Waals surface area contributed by atoms with E-state index in [9.17, 15) is 0 Å². The quantitative estimate of drug-likeness (QED) is 0.848. The molecule has 0 amide bonds. The second-order valence-corrected chi connectivity index (χ2v) is 6.11. The van der Waals surface area contributed by atoms with Crippen LogP contribution >= 0.6 is 0 Å². The minimum Gasteiger partial charge on any atom is -0.399 e. The van der Waals surface area contributed by atoms with Crippen LogP contribution in [0.1, 0.15) is 40.2 Å². The molecule has 0 spiro atoms. The van der Waals surface area contributed by atoms with Gasteiger partial charge in [-0.2, -0.15) is 0 Å². The van der Waals surface area contributed by atoms with Crippen molar-refractivity contribution in [1.29, 1.82) is 0 Å². The fraction of sp³-hybridized carbons (Fsp3) is 0.600. The highest BCUT2D eigenvalue weighted by molar-refractivity contribution is 6.62. The Morgan fingerprint density at radius 3 is 2.16 bits per heavy atom. The largest absolute Gasteiger partial charge is 0.494 e. The molecule has 0 saturated carbocycles. The first kappa shape index (κ1) is 14.4. The molecule has 1 aromatic rings. The lowest BCUT2D eigenvalue weighted by atomic mass is 9.78. The van der Waals surface area contributed by atoms with Gasteiger partial charge in [-0.05, 0) is 51.2 Å². The fourth-order valence-corrected chi connectivity index (χ4v) is 2.28. The van der Waals surface area contributed by atoms with Gasteiger partial charge in [0.2, 0.25) is 0 Å². The third kappa shape index (κ3) is 2.52. The number of aryl methyl sites for hydroxylation is 1. The Morgan fingerprint density at radius 2 is 1.68 bits per heavy atom. The van der Waals surface area contributed by atoms with Gasteiger partial charge in [-0.25, -0.2) is 0 Å². The molecule has 0 aromatic heterocycles. The zero-order chi connectivity index (χ0) is 14.3. The predicted octanol–water partition coefficient (Wildman–Crippen LogP) is 2.59. The van der Waals surface area contributed by atoms with Crippen LogP contribution in [-0.4, -0.2) is 25.4 Å². The molecule has 1 aliphatic heterocycles. The monoisotopic (exact) mass is 261 g/mol. The normalized spacial score (nSPS) is 20.6. The van der Waals surface area contributed by atoms with Crippen LogP contribution in [0.5, 0.6) is 0 Å². The molecule has 1 fully saturated rings. The van der Waals surface area contributed by atoms with E-state index in [2.05, 4.69) is 58.1 Å². The van der Waals surface area contributed by atoms with Crippen molar-refractivity contribution in [2.75, 3.05) is 12.4 Å². The van der Waals surface area contributed by atoms with Crippen molar-refractivity contribution in [2.24, 2.45) is 0 Å². The fourth-order valence-electron chi connectivity index (χ4n) is 2.28. The van der Waals surface area contributed by atoms with Crippen LogP contribution in [0, 0.1) is 0 Å². The standard InChI is InChI=1S/C15H24BNO2/c1-7-11-10-12(8-9-13(11)17-6)16-18-14(2,3)15(4,5)19-16/h8-10,17H,7H2,1-6H3. The van der Waals surface area contributed by atoms with Gasteiger partial charge in [0.05, 0.1) is 11.2 Å². The lowest BCUT2D eigenvalue weighted by Crippen LogP contribution is -2.41. The molecule has 1 heterocycles. The summed E-state index contributed by atoms with van der Waals surface area (Å²) in [5.41, 5.74) is 2.98. The minimum atomic E-state index is -0.286. The van der Waals surface area contributed by atoms with Gasteiger partial charge in [-0.3, -0.25) is 0 Å². The van der Waals surface area contributed by atoms with Crippen LogP contribution in [0.15, 0.2) is 18.2 Å². The van der Waals surface area contributed by atoms with Crippen LogP contribution in [0.3, 0.4) is 0 Å². The first-order valence-electron chi connectivity index (χ1n) is 6.97. The lowest BCUT2D eigenvalue weighted by Gasteiger charge is -2.32. The van der Waals surface area contributed by atoms with E-state index in [-0.39, 0.29) is 18.3 Å². The molecule has 3 nitrogen and oxygen atoms in total. The Balaban J connectivity index is 2.30. The van der Waals surface area contributed by atoms with E-state index in [4.69, 9.17) is 9.31 Å². The average Bonchev–Trinajstić information content (AvgIpc) is 2.57. The van der Waals surface area contributed by atoms with Gasteiger partial charge < -0.3 is 14.6 Å². The van der Waals surface area contributed by atoms with E-state index in [1.807, 2.05) is 7.05 Å². The average molecular weight is 261 g/mol. The summed E-state index contributed by atoms with van der Waals surface area (Å²) < 4.78 is 12.2. The number of hydrogen-bond donors (Lipinski definition) is 1. The van der Waals surface area contributed by atoms with Gasteiger partial charge in [-0.1, -0.05) is 19.1 Å². The summed E-state index contributed by atoms with van der Waals surface area (Å²) >= 11 is 0. The summed E-state index contributed by atoms with van der Waals surface area (Å²) in [7, 11) is 1.67. The molecule has 1 aliphatic rings. The first-order valence-corrected chi connectivity index (χ1v) is 6.97. The van der Waals surface area contributed by atoms with Crippen LogP contribution in [-0.2, 0) is 15.7 Å². The highest BCUT2D eigenvalue weighted by Gasteiger charge is 2.51. The molecule has 104 valence electrons. The number of nitrogens with one attached hydrogen (secondary N) is 1. The molecule has 1 N–H and O–H groups in total. The number of benzene rings is 1. The molecule has 0 radical (unpaired) electrons. The van der Waals surface area contributed by atoms with Gasteiger partial charge in [0, 0.05) is 12.7 Å². The Kier molecular flexibility index (Phi) is 3.67. The van der Waals surface area contributed by atoms with Crippen molar-refractivity contribution in [3.05, 3.63) is 23.8 Å². The molecular weight excluding hydrogens is 237 g/mol. The maximum Gasteiger partial charge on any atom is 0.494 e. The molecule has 4 heteroatoms. The first-order chi connectivity index (χ1) is 8.80. The number of rotatable bonds is 3. The zero-order valence-corrected chi connectivity index (χ0v) is 12.8. The summed E-state index contributed by atoms with van der Waals surface area (Å²) in [6.45, 7) is 10.5. The van der Waals surface area contributed by atoms with E-state index >= 15 is 0 Å². The maximum atomic E-state index is 6.08. The summed E-state index contributed by atoms with van der Waals surface area (Å²) in [5.74, 6) is 0. The second-order valence-electron chi connectivity index (χ2n) is 6.11. The molecule has 0 aliphatic carbocycles. The topological polar surface area (TPSA) is 30.5 Å². The second kappa shape index (κ2) is 4.84. The molecular formula is C15H24BNO2. The highest BCUT2D eigenvalue weighted by Crippen LogP contribution is 2.36. The predicted molar refractivity (Wildman–Crippen MR) is 81.1 cm³/mol. The smallest absolute Gasteiger partial charge is 0.399 e. The molecule has 19 heavy (non-hydrogen) atoms. The van der Waals surface area contributed by atoms with Gasteiger partial charge in [0.15, 0.2) is 0 Å². The SMILES string of the molecule is CCc1cc(B2OC(C)(C)C(C)(C)O2)ccc1NC. The third-order valence-corrected chi connectivity index (χ3v) is 4.30. The van der Waals surface area contributed by atoms with E-state index in [1.54, 1.807) is 0 Å². The van der Waals surface area contributed by atoms with Crippen molar-refractivity contribution < 1.29 is 9.31 Å². The van der Waals surface area contributed by atoms with Crippen molar-refractivity contribution >= 4 is 18.3 Å². The van der Waals surface area contributed by atoms with Crippen molar-refractivity contribution in [2.45, 2.75) is 52.2 Å². The van der Waals surface area contributed by atoms with Gasteiger partial charge >= 0.3 is 7.12 Å². The molecule has 1 aromatic carbocycles. The third-order valence-electron chi connectivity index (χ3n) is 4.30. The van der Waals surface area contributed by atoms with Gasteiger partial charge in [0.25, 0.3) is 0 Å². The summed E-state index contributed by atoms with van der Waals surface area (Å²) in [5, 5.41) is 3.22. The van der Waals surface area contributed by atoms with E-state index in [0.717, 1.165) is 11.9 Å². The Hall–Kier alpha value is -0.995. The molecule has 0 unspecified atom stereocenters. The maximum absolute atomic E-state index is 6.08. The van der Waals surface area contributed by atoms with Crippen LogP contribution in [0.2, 0.25) is 0 Å². The molecule has 1 saturated heterocycles. The Morgan fingerprint density at radius 1 is 1.11 bits per heavy atom. The summed E-state index contributed by atoms with van der Waals surface area (Å²) in [6.07, 6.45) is 0.990. The van der Waals surface area contributed by atoms with Crippen LogP contribution in [0.25, 0.3) is 0 Å². The molecule has 0 atom stereocenters. The van der Waals surface area contributed by atoms with Crippen molar-refractivity contribution in [3.63, 3.8) is 0 Å². The lowest BCUT2D eigenvalue weighted by molar-refractivity contribution is 0.00578. The minimum absolute atomic E-state index is 0.277. The zero-order valence-electron chi connectivity index (χ0n) is 12.8. The van der Waals surface area contributed by atoms with Crippen LogP contribution < -0.4 is 10.8 Å². The van der Waals surface area contributed by atoms with Crippen molar-refractivity contribution in [3.8, 4) is 0 Å². The highest BCUT2D eigenvalue weighted by atomic mass is 16.7. The van der Waals surface area contributed by atoms with Gasteiger partial charge in [0.1, 0.15) is 0 Å². The number of anilines is 1. The summed E-state index contributed by atoms with van der Waals surface area (Å²) in [4.78, 5) is 0. The van der Waals surface area contributed by atoms with Crippen LogP contribution in [0.4, 0.5) is 5.69 Å². The Labute approximate surface area is 116 Å². The van der Waals surface area contributed by atoms with Gasteiger partial charge in [-0.15, -0.1) is 0 Å². The van der Waals surface area contributed by atoms with E-state index < -0.39 is 0 Å². The Bertz CT molecular complexity index is 455. The van der Waals surface area contributed by atoms with Crippen molar-refractivity contribution in [1.82, 2.24) is 0 Å². The summed E-state index contributed by atoms with van der Waals surface area (Å²) in [6, 6.07) is 6.35. The van der Waals surface area contributed by atoms with E-state index in [0.29, 0.717) is 0 Å². The molecule has 0 bridgehead atoms. The van der Waals surface area contributed by atoms with E-state index in [1.165, 1.54) is 11.3 Å². The molecule has 2 rings (SSSR count). The number of hydrogen-bond acceptors (Lipinski definition) is 3.